The highest BCUT2D eigenvalue weighted by Gasteiger charge is 2.30. The average Bonchev–Trinajstić information content (AvgIpc) is 0.992. The van der Waals surface area contributed by atoms with Crippen LogP contribution in [0.25, 0.3) is 0 Å². The maximum Gasteiger partial charge on any atom is 0.472 e. The van der Waals surface area contributed by atoms with Gasteiger partial charge in [0.2, 0.25) is 0 Å². The number of hydrogen-bond acceptors (Lipinski definition) is 15. The summed E-state index contributed by atoms with van der Waals surface area (Å²) in [4.78, 5) is 73.2. The fourth-order valence-corrected chi connectivity index (χ4v) is 14.4. The zero-order valence-electron chi connectivity index (χ0n) is 67.1. The van der Waals surface area contributed by atoms with Crippen LogP contribution in [-0.4, -0.2) is 96.7 Å². The number of ether oxygens (including phenoxy) is 4. The molecule has 3 N–H and O–H groups in total. The third-order valence-corrected chi connectivity index (χ3v) is 21.3. The molecule has 0 saturated carbocycles. The summed E-state index contributed by atoms with van der Waals surface area (Å²) >= 11 is 0. The second-order valence-corrected chi connectivity index (χ2v) is 34.2. The van der Waals surface area contributed by atoms with Gasteiger partial charge >= 0.3 is 39.5 Å². The quantitative estimate of drug-likeness (QED) is 0.0222. The van der Waals surface area contributed by atoms with Gasteiger partial charge in [-0.2, -0.15) is 0 Å². The Morgan fingerprint density at radius 3 is 0.667 bits per heavy atom. The maximum atomic E-state index is 13.1. The minimum atomic E-state index is -4.96. The molecule has 0 heterocycles. The number of phosphoric acid groups is 2. The van der Waals surface area contributed by atoms with E-state index >= 15 is 0 Å². The van der Waals surface area contributed by atoms with Crippen LogP contribution in [0.2, 0.25) is 0 Å². The van der Waals surface area contributed by atoms with Crippen LogP contribution >= 0.6 is 15.6 Å². The molecule has 0 aromatic rings. The van der Waals surface area contributed by atoms with E-state index in [1.54, 1.807) is 0 Å². The largest absolute Gasteiger partial charge is 0.472 e. The first kappa shape index (κ1) is 100. The molecule has 0 aliphatic rings. The van der Waals surface area contributed by atoms with E-state index in [4.69, 9.17) is 37.0 Å². The molecule has 17 nitrogen and oxygen atoms in total. The molecule has 0 radical (unpaired) electrons. The second kappa shape index (κ2) is 73.2. The monoisotopic (exact) mass is 1490 g/mol. The van der Waals surface area contributed by atoms with Gasteiger partial charge in [-0.1, -0.05) is 382 Å². The van der Waals surface area contributed by atoms with Crippen LogP contribution in [-0.2, 0) is 65.4 Å². The van der Waals surface area contributed by atoms with Crippen molar-refractivity contribution in [3.63, 3.8) is 0 Å². The number of unbranched alkanes of at least 4 members (excludes halogenated alkanes) is 49. The molecule has 0 aliphatic carbocycles. The van der Waals surface area contributed by atoms with Crippen LogP contribution in [0.3, 0.4) is 0 Å². The molecular weight excluding hydrogens is 1330 g/mol. The van der Waals surface area contributed by atoms with Crippen molar-refractivity contribution in [2.24, 2.45) is 17.8 Å². The molecule has 0 spiro atoms. The summed E-state index contributed by atoms with van der Waals surface area (Å²) in [5.74, 6) is 0.267. The van der Waals surface area contributed by atoms with Gasteiger partial charge in [0.05, 0.1) is 26.4 Å². The number of rotatable bonds is 81. The van der Waals surface area contributed by atoms with Crippen molar-refractivity contribution in [3.8, 4) is 0 Å². The Labute approximate surface area is 626 Å². The summed E-state index contributed by atoms with van der Waals surface area (Å²) in [5.41, 5.74) is 0. The van der Waals surface area contributed by atoms with Crippen molar-refractivity contribution in [3.05, 3.63) is 0 Å². The van der Waals surface area contributed by atoms with E-state index in [0.29, 0.717) is 25.7 Å². The topological polar surface area (TPSA) is 237 Å². The highest BCUT2D eigenvalue weighted by molar-refractivity contribution is 7.47. The SMILES string of the molecule is CCCCCCCCCCCCCCCC(=O)OC[C@H](COP(=O)(O)OC[C@H](O)COP(=O)(O)OC[C@@H](COC(=O)CCCCCCCCCCCCCCCC(C)C)OC(=O)CCCCCCCCCCCCCCCCC(C)C)OC(=O)CCCCCCCCCCCCCCCC(C)C. The molecule has 0 aromatic carbocycles. The number of aliphatic hydroxyl groups is 1. The van der Waals surface area contributed by atoms with E-state index in [9.17, 15) is 43.2 Å². The zero-order chi connectivity index (χ0) is 75.1. The van der Waals surface area contributed by atoms with Crippen molar-refractivity contribution < 1.29 is 80.2 Å². The van der Waals surface area contributed by atoms with Crippen LogP contribution in [0.4, 0.5) is 0 Å². The molecule has 0 aromatic heterocycles. The van der Waals surface area contributed by atoms with Crippen molar-refractivity contribution in [1.82, 2.24) is 0 Å². The van der Waals surface area contributed by atoms with Gasteiger partial charge in [0.15, 0.2) is 12.2 Å². The summed E-state index contributed by atoms with van der Waals surface area (Å²) in [7, 11) is -9.93. The lowest BCUT2D eigenvalue weighted by atomic mass is 10.0. The Morgan fingerprint density at radius 2 is 0.451 bits per heavy atom. The molecular formula is C83H162O17P2. The van der Waals surface area contributed by atoms with Gasteiger partial charge in [0.1, 0.15) is 19.3 Å². The first-order valence-electron chi connectivity index (χ1n) is 42.8. The molecule has 19 heteroatoms. The lowest BCUT2D eigenvalue weighted by Crippen LogP contribution is -2.30. The van der Waals surface area contributed by atoms with Gasteiger partial charge in [-0.25, -0.2) is 9.13 Å². The average molecular weight is 1490 g/mol. The van der Waals surface area contributed by atoms with Crippen molar-refractivity contribution in [2.45, 2.75) is 452 Å². The van der Waals surface area contributed by atoms with Crippen molar-refractivity contribution >= 4 is 39.5 Å². The van der Waals surface area contributed by atoms with Crippen LogP contribution in [0.1, 0.15) is 434 Å². The fourth-order valence-electron chi connectivity index (χ4n) is 12.8. The van der Waals surface area contributed by atoms with E-state index in [-0.39, 0.29) is 25.7 Å². The lowest BCUT2D eigenvalue weighted by molar-refractivity contribution is -0.161. The fraction of sp³-hybridized carbons (Fsp3) is 0.952. The van der Waals surface area contributed by atoms with E-state index < -0.39 is 97.5 Å². The molecule has 2 unspecified atom stereocenters. The summed E-state index contributed by atoms with van der Waals surface area (Å²) < 4.78 is 68.8. The predicted molar refractivity (Wildman–Crippen MR) is 418 cm³/mol. The first-order chi connectivity index (χ1) is 49.2. The number of esters is 4. The number of carbonyl (C=O) groups excluding carboxylic acids is 4. The standard InChI is InChI=1S/C83H162O17P2/c1-8-9-10-11-12-13-14-19-29-36-43-50-57-64-80(85)93-70-78(100-83(88)67-60-53-46-39-32-25-18-22-28-35-42-49-56-63-76(6)7)72-97-101(89,90)95-68-77(84)69-96-102(91,92)98-73-79(71-94-81(86)65-58-51-44-37-30-24-17-21-27-34-41-48-55-62-75(4)5)99-82(87)66-59-52-45-38-31-23-16-15-20-26-33-40-47-54-61-74(2)3/h74-79,84H,8-73H2,1-7H3,(H,89,90)(H,91,92)/t77-,78+,79+/m0/s1. The molecule has 0 rings (SSSR count). The highest BCUT2D eigenvalue weighted by Crippen LogP contribution is 2.45. The highest BCUT2D eigenvalue weighted by atomic mass is 31.2. The Morgan fingerprint density at radius 1 is 0.265 bits per heavy atom. The van der Waals surface area contributed by atoms with Gasteiger partial charge in [0.25, 0.3) is 0 Å². The van der Waals surface area contributed by atoms with Crippen LogP contribution in [0.5, 0.6) is 0 Å². The Balaban J connectivity index is 5.28. The Kier molecular flexibility index (Phi) is 71.8. The minimum absolute atomic E-state index is 0.108. The Hall–Kier alpha value is -1.94. The molecule has 0 bridgehead atoms. The molecule has 102 heavy (non-hydrogen) atoms. The summed E-state index contributed by atoms with van der Waals surface area (Å²) in [6, 6.07) is 0. The van der Waals surface area contributed by atoms with Crippen LogP contribution in [0.15, 0.2) is 0 Å². The van der Waals surface area contributed by atoms with Gasteiger partial charge in [-0.15, -0.1) is 0 Å². The van der Waals surface area contributed by atoms with E-state index in [1.807, 2.05) is 0 Å². The van der Waals surface area contributed by atoms with Crippen LogP contribution in [0, 0.1) is 17.8 Å². The molecule has 606 valence electrons. The molecule has 0 amide bonds. The lowest BCUT2D eigenvalue weighted by Gasteiger charge is -2.21. The van der Waals surface area contributed by atoms with E-state index in [0.717, 1.165) is 108 Å². The molecule has 5 atom stereocenters. The number of hydrogen-bond donors (Lipinski definition) is 3. The van der Waals surface area contributed by atoms with E-state index in [1.165, 1.54) is 244 Å². The molecule has 0 fully saturated rings. The number of carbonyl (C=O) groups is 4. The number of phosphoric ester groups is 2. The van der Waals surface area contributed by atoms with Crippen LogP contribution < -0.4 is 0 Å². The molecule has 0 saturated heterocycles. The van der Waals surface area contributed by atoms with Crippen molar-refractivity contribution in [1.29, 1.82) is 0 Å². The third-order valence-electron chi connectivity index (χ3n) is 19.4. The zero-order valence-corrected chi connectivity index (χ0v) is 68.9. The first-order valence-corrected chi connectivity index (χ1v) is 45.8. The Bertz CT molecular complexity index is 1970. The summed E-state index contributed by atoms with van der Waals surface area (Å²) in [5, 5.41) is 10.7. The van der Waals surface area contributed by atoms with Gasteiger partial charge < -0.3 is 33.8 Å². The second-order valence-electron chi connectivity index (χ2n) is 31.3. The third kappa shape index (κ3) is 76.3. The van der Waals surface area contributed by atoms with Gasteiger partial charge in [-0.3, -0.25) is 37.3 Å². The van der Waals surface area contributed by atoms with Gasteiger partial charge in [0, 0.05) is 25.7 Å². The predicted octanol–water partition coefficient (Wildman–Crippen LogP) is 24.9. The van der Waals surface area contributed by atoms with Crippen molar-refractivity contribution in [2.75, 3.05) is 39.6 Å². The maximum absolute atomic E-state index is 13.1. The minimum Gasteiger partial charge on any atom is -0.462 e. The molecule has 0 aliphatic heterocycles. The smallest absolute Gasteiger partial charge is 0.462 e. The van der Waals surface area contributed by atoms with E-state index in [2.05, 4.69) is 48.5 Å². The summed E-state index contributed by atoms with van der Waals surface area (Å²) in [6.07, 6.45) is 62.2. The summed E-state index contributed by atoms with van der Waals surface area (Å²) in [6.45, 7) is 12.0. The number of aliphatic hydroxyl groups excluding tert-OH is 1. The van der Waals surface area contributed by atoms with Gasteiger partial charge in [-0.05, 0) is 43.4 Å². The normalized spacial score (nSPS) is 13.9.